The molecule has 0 atom stereocenters. The molecule has 3 heterocycles. The zero-order valence-corrected chi connectivity index (χ0v) is 14.3. The number of rotatable bonds is 4. The first-order valence-electron chi connectivity index (χ1n) is 7.40. The molecule has 0 aliphatic carbocycles. The second kappa shape index (κ2) is 5.59. The van der Waals surface area contributed by atoms with Gasteiger partial charge in [0, 0.05) is 36.6 Å². The molecule has 1 aliphatic heterocycles. The van der Waals surface area contributed by atoms with E-state index in [1.54, 1.807) is 23.1 Å². The normalized spacial score (nSPS) is 15.5. The van der Waals surface area contributed by atoms with Gasteiger partial charge in [-0.15, -0.1) is 11.8 Å². The van der Waals surface area contributed by atoms with E-state index in [-0.39, 0.29) is 0 Å². The van der Waals surface area contributed by atoms with Crippen molar-refractivity contribution in [2.45, 2.75) is 18.4 Å². The summed E-state index contributed by atoms with van der Waals surface area (Å²) in [4.78, 5) is 8.45. The number of nitrogens with zero attached hydrogens (tertiary/aromatic N) is 4. The third-order valence-electron chi connectivity index (χ3n) is 4.02. The molecular formula is C16H18N4S2. The summed E-state index contributed by atoms with van der Waals surface area (Å²) in [7, 11) is 0. The van der Waals surface area contributed by atoms with Gasteiger partial charge >= 0.3 is 0 Å². The Bertz CT molecular complexity index is 801. The summed E-state index contributed by atoms with van der Waals surface area (Å²) in [6, 6.07) is 6.52. The van der Waals surface area contributed by atoms with Gasteiger partial charge in [-0.3, -0.25) is 4.68 Å². The van der Waals surface area contributed by atoms with E-state index in [4.69, 9.17) is 4.98 Å². The Hall–Kier alpha value is -1.53. The van der Waals surface area contributed by atoms with Gasteiger partial charge in [-0.25, -0.2) is 4.98 Å². The predicted octanol–water partition coefficient (Wildman–Crippen LogP) is 3.66. The summed E-state index contributed by atoms with van der Waals surface area (Å²) in [5, 5.41) is 5.53. The van der Waals surface area contributed by atoms with Gasteiger partial charge in [0.2, 0.25) is 0 Å². The topological polar surface area (TPSA) is 34.0 Å². The molecule has 0 spiro atoms. The van der Waals surface area contributed by atoms with Crippen LogP contribution in [0, 0.1) is 12.8 Å². The maximum atomic E-state index is 4.77. The number of fused-ring (bicyclic) bond motifs is 1. The molecule has 22 heavy (non-hydrogen) atoms. The largest absolute Gasteiger partial charge is 0.347 e. The van der Waals surface area contributed by atoms with Crippen LogP contribution in [0.2, 0.25) is 0 Å². The second-order valence-corrected chi connectivity index (χ2v) is 7.73. The van der Waals surface area contributed by atoms with E-state index >= 15 is 0 Å². The van der Waals surface area contributed by atoms with Crippen LogP contribution in [-0.2, 0) is 6.54 Å². The summed E-state index contributed by atoms with van der Waals surface area (Å²) < 4.78 is 3.34. The van der Waals surface area contributed by atoms with Crippen molar-refractivity contribution in [2.24, 2.45) is 5.92 Å². The molecule has 1 aliphatic rings. The summed E-state index contributed by atoms with van der Waals surface area (Å²) in [5.74, 6) is 0.674. The van der Waals surface area contributed by atoms with Gasteiger partial charge in [-0.2, -0.15) is 5.10 Å². The fourth-order valence-electron chi connectivity index (χ4n) is 2.83. The maximum absolute atomic E-state index is 4.77. The van der Waals surface area contributed by atoms with Crippen LogP contribution >= 0.6 is 23.1 Å². The lowest BCUT2D eigenvalue weighted by atomic mass is 10.0. The highest BCUT2D eigenvalue weighted by atomic mass is 32.2. The summed E-state index contributed by atoms with van der Waals surface area (Å²) in [5.41, 5.74) is 2.34. The van der Waals surface area contributed by atoms with E-state index in [0.29, 0.717) is 5.92 Å². The number of hydrogen-bond acceptors (Lipinski definition) is 5. The first-order chi connectivity index (χ1) is 10.7. The Kier molecular flexibility index (Phi) is 3.58. The fourth-order valence-corrected chi connectivity index (χ4v) is 4.37. The Morgan fingerprint density at radius 1 is 1.36 bits per heavy atom. The van der Waals surface area contributed by atoms with Crippen molar-refractivity contribution in [3.05, 3.63) is 36.2 Å². The first-order valence-corrected chi connectivity index (χ1v) is 9.44. The third-order valence-corrected chi connectivity index (χ3v) is 5.82. The van der Waals surface area contributed by atoms with Gasteiger partial charge in [0.15, 0.2) is 5.13 Å². The van der Waals surface area contributed by atoms with Crippen LogP contribution in [0.25, 0.3) is 10.2 Å². The minimum Gasteiger partial charge on any atom is -0.347 e. The number of thiazole rings is 1. The monoisotopic (exact) mass is 330 g/mol. The van der Waals surface area contributed by atoms with Gasteiger partial charge in [-0.1, -0.05) is 11.3 Å². The van der Waals surface area contributed by atoms with Crippen LogP contribution in [0.1, 0.15) is 5.56 Å². The van der Waals surface area contributed by atoms with Crippen molar-refractivity contribution in [1.82, 2.24) is 14.8 Å². The lowest BCUT2D eigenvalue weighted by molar-refractivity contribution is 0.342. The second-order valence-electron chi connectivity index (χ2n) is 5.84. The quantitative estimate of drug-likeness (QED) is 0.684. The van der Waals surface area contributed by atoms with Crippen LogP contribution in [0.15, 0.2) is 35.5 Å². The lowest BCUT2D eigenvalue weighted by Crippen LogP contribution is -2.48. The third kappa shape index (κ3) is 2.61. The van der Waals surface area contributed by atoms with Gasteiger partial charge in [0.25, 0.3) is 0 Å². The Labute approximate surface area is 138 Å². The van der Waals surface area contributed by atoms with Gasteiger partial charge in [-0.05, 0) is 36.9 Å². The van der Waals surface area contributed by atoms with Crippen molar-refractivity contribution < 1.29 is 0 Å². The van der Waals surface area contributed by atoms with Gasteiger partial charge in [0.05, 0.1) is 16.4 Å². The number of hydrogen-bond donors (Lipinski definition) is 0. The molecule has 4 rings (SSSR count). The van der Waals surface area contributed by atoms with E-state index in [9.17, 15) is 0 Å². The highest BCUT2D eigenvalue weighted by molar-refractivity contribution is 7.98. The summed E-state index contributed by atoms with van der Waals surface area (Å²) in [6.07, 6.45) is 6.15. The molecule has 0 N–H and O–H groups in total. The highest BCUT2D eigenvalue weighted by Gasteiger charge is 2.29. The molecule has 1 saturated heterocycles. The van der Waals surface area contributed by atoms with Gasteiger partial charge in [0.1, 0.15) is 0 Å². The van der Waals surface area contributed by atoms with E-state index in [1.807, 2.05) is 6.20 Å². The number of benzene rings is 1. The zero-order chi connectivity index (χ0) is 15.1. The molecule has 0 radical (unpaired) electrons. The van der Waals surface area contributed by atoms with Crippen molar-refractivity contribution in [1.29, 1.82) is 0 Å². The minimum atomic E-state index is 0.674. The predicted molar refractivity (Wildman–Crippen MR) is 94.1 cm³/mol. The number of thioether (sulfide) groups is 1. The first kappa shape index (κ1) is 14.1. The van der Waals surface area contributed by atoms with E-state index in [0.717, 1.165) is 30.3 Å². The van der Waals surface area contributed by atoms with E-state index in [2.05, 4.69) is 52.3 Å². The molecule has 3 aromatic rings. The average molecular weight is 330 g/mol. The van der Waals surface area contributed by atoms with Crippen LogP contribution in [0.4, 0.5) is 5.13 Å². The maximum Gasteiger partial charge on any atom is 0.186 e. The number of anilines is 1. The van der Waals surface area contributed by atoms with Crippen LogP contribution in [-0.4, -0.2) is 34.1 Å². The molecule has 0 saturated carbocycles. The Morgan fingerprint density at radius 2 is 2.23 bits per heavy atom. The summed E-state index contributed by atoms with van der Waals surface area (Å²) in [6.45, 7) is 5.24. The lowest BCUT2D eigenvalue weighted by Gasteiger charge is -2.39. The molecular weight excluding hydrogens is 312 g/mol. The Morgan fingerprint density at radius 3 is 2.95 bits per heavy atom. The Balaban J connectivity index is 1.44. The van der Waals surface area contributed by atoms with Crippen molar-refractivity contribution in [3.8, 4) is 0 Å². The highest BCUT2D eigenvalue weighted by Crippen LogP contribution is 2.34. The zero-order valence-electron chi connectivity index (χ0n) is 12.7. The van der Waals surface area contributed by atoms with Crippen molar-refractivity contribution >= 4 is 38.4 Å². The van der Waals surface area contributed by atoms with E-state index < -0.39 is 0 Å². The molecule has 1 fully saturated rings. The molecule has 1 aromatic carbocycles. The molecule has 4 nitrogen and oxygen atoms in total. The smallest absolute Gasteiger partial charge is 0.186 e. The number of aromatic nitrogens is 3. The van der Waals surface area contributed by atoms with Crippen LogP contribution < -0.4 is 4.90 Å². The minimum absolute atomic E-state index is 0.674. The standard InChI is InChI=1S/C16H18N4S2/c1-11-6-17-20(7-11)10-12-8-19(9-12)16-18-14-4-3-13(21-2)5-15(14)22-16/h3-7,12H,8-10H2,1-2H3. The van der Waals surface area contributed by atoms with Crippen molar-refractivity contribution in [3.63, 3.8) is 0 Å². The fraction of sp³-hybridized carbons (Fsp3) is 0.375. The van der Waals surface area contributed by atoms with Crippen LogP contribution in [0.3, 0.4) is 0 Å². The van der Waals surface area contributed by atoms with Gasteiger partial charge < -0.3 is 4.90 Å². The molecule has 0 unspecified atom stereocenters. The molecule has 0 amide bonds. The molecule has 114 valence electrons. The molecule has 0 bridgehead atoms. The molecule has 2 aromatic heterocycles. The van der Waals surface area contributed by atoms with E-state index in [1.165, 1.54) is 15.2 Å². The SMILES string of the molecule is CSc1ccc2nc(N3CC(Cn4cc(C)cn4)C3)sc2c1. The average Bonchev–Trinajstić information content (AvgIpc) is 3.07. The van der Waals surface area contributed by atoms with Crippen molar-refractivity contribution in [2.75, 3.05) is 24.2 Å². The number of aryl methyl sites for hydroxylation is 1. The molecule has 6 heteroatoms. The summed E-state index contributed by atoms with van der Waals surface area (Å²) >= 11 is 3.58. The van der Waals surface area contributed by atoms with Crippen LogP contribution in [0.5, 0.6) is 0 Å².